The van der Waals surface area contributed by atoms with Crippen molar-refractivity contribution < 1.29 is 14.4 Å². The van der Waals surface area contributed by atoms with Gasteiger partial charge in [-0.25, -0.2) is 4.79 Å². The van der Waals surface area contributed by atoms with E-state index in [0.717, 1.165) is 5.56 Å². The lowest BCUT2D eigenvalue weighted by Crippen LogP contribution is -2.15. The van der Waals surface area contributed by atoms with Crippen LogP contribution in [0.25, 0.3) is 0 Å². The minimum Gasteiger partial charge on any atom is -0.489 e. The number of benzene rings is 3. The number of ether oxygens (including phenoxy) is 1. The van der Waals surface area contributed by atoms with Gasteiger partial charge in [0.05, 0.1) is 15.6 Å². The molecule has 2 N–H and O–H groups in total. The summed E-state index contributed by atoms with van der Waals surface area (Å²) in [5.41, 5.74) is 7.60. The zero-order valence-corrected chi connectivity index (χ0v) is 17.2. The van der Waals surface area contributed by atoms with Gasteiger partial charge in [-0.1, -0.05) is 58.2 Å². The highest BCUT2D eigenvalue weighted by Gasteiger charge is 2.10. The molecule has 0 aliphatic heterocycles. The Morgan fingerprint density at radius 3 is 2.38 bits per heavy atom. The maximum atomic E-state index is 12.1. The van der Waals surface area contributed by atoms with Crippen molar-refractivity contribution in [2.45, 2.75) is 6.61 Å². The summed E-state index contributed by atoms with van der Waals surface area (Å²) >= 11 is 17.6. The van der Waals surface area contributed by atoms with Gasteiger partial charge in [-0.2, -0.15) is 0 Å². The fourth-order valence-electron chi connectivity index (χ4n) is 2.34. The van der Waals surface area contributed by atoms with E-state index in [0.29, 0.717) is 28.0 Å². The summed E-state index contributed by atoms with van der Waals surface area (Å²) in [6.45, 7) is 0.325. The number of carbonyl (C=O) groups is 1. The molecule has 8 heteroatoms. The predicted octanol–water partition coefficient (Wildman–Crippen LogP) is 5.70. The minimum atomic E-state index is -0.700. The Morgan fingerprint density at radius 1 is 0.897 bits per heavy atom. The molecule has 0 amide bonds. The zero-order valence-electron chi connectivity index (χ0n) is 14.9. The van der Waals surface area contributed by atoms with Crippen LogP contribution in [-0.4, -0.2) is 11.8 Å². The molecule has 0 aliphatic rings. The van der Waals surface area contributed by atoms with Crippen LogP contribution < -0.4 is 10.5 Å². The number of oxime groups is 1. The van der Waals surface area contributed by atoms with Crippen molar-refractivity contribution in [3.63, 3.8) is 0 Å². The van der Waals surface area contributed by atoms with E-state index in [4.69, 9.17) is 50.1 Å². The van der Waals surface area contributed by atoms with Gasteiger partial charge in [-0.15, -0.1) is 0 Å². The second kappa shape index (κ2) is 9.65. The summed E-state index contributed by atoms with van der Waals surface area (Å²) in [4.78, 5) is 17.0. The number of nitrogens with zero attached hydrogens (tertiary/aromatic N) is 1. The van der Waals surface area contributed by atoms with Crippen LogP contribution in [0.4, 0.5) is 0 Å². The summed E-state index contributed by atoms with van der Waals surface area (Å²) in [5, 5.41) is 4.92. The van der Waals surface area contributed by atoms with E-state index < -0.39 is 5.97 Å². The molecule has 0 atom stereocenters. The van der Waals surface area contributed by atoms with Gasteiger partial charge in [0.15, 0.2) is 5.84 Å². The highest BCUT2D eigenvalue weighted by Crippen LogP contribution is 2.23. The van der Waals surface area contributed by atoms with Crippen LogP contribution in [0, 0.1) is 0 Å². The topological polar surface area (TPSA) is 73.9 Å². The predicted molar refractivity (Wildman–Crippen MR) is 115 cm³/mol. The zero-order chi connectivity index (χ0) is 20.8. The monoisotopic (exact) mass is 448 g/mol. The third kappa shape index (κ3) is 5.87. The highest BCUT2D eigenvalue weighted by atomic mass is 35.5. The van der Waals surface area contributed by atoms with Crippen LogP contribution in [0.15, 0.2) is 71.9 Å². The Kier molecular flexibility index (Phi) is 6.99. The molecule has 0 saturated heterocycles. The van der Waals surface area contributed by atoms with Crippen LogP contribution >= 0.6 is 34.8 Å². The first kappa shape index (κ1) is 21.0. The molecule has 0 bridgehead atoms. The summed E-state index contributed by atoms with van der Waals surface area (Å²) < 4.78 is 5.71. The first-order valence-electron chi connectivity index (χ1n) is 8.40. The van der Waals surface area contributed by atoms with Crippen LogP contribution in [0.5, 0.6) is 5.75 Å². The third-order valence-electron chi connectivity index (χ3n) is 3.82. The fraction of sp³-hybridized carbons (Fsp3) is 0.0476. The second-order valence-electron chi connectivity index (χ2n) is 5.93. The first-order valence-corrected chi connectivity index (χ1v) is 9.53. The molecule has 0 saturated carbocycles. The summed E-state index contributed by atoms with van der Waals surface area (Å²) in [5.74, 6) is 0.0393. The second-order valence-corrected chi connectivity index (χ2v) is 7.18. The van der Waals surface area contributed by atoms with Crippen LogP contribution in [0.2, 0.25) is 15.1 Å². The molecule has 0 radical (unpaired) electrons. The molecule has 0 fully saturated rings. The Morgan fingerprint density at radius 2 is 1.66 bits per heavy atom. The lowest BCUT2D eigenvalue weighted by molar-refractivity contribution is 0.0516. The SMILES string of the molecule is NC(=NOC(=O)c1ccc(Cl)c(Cl)c1)c1cccc(COc2ccc(Cl)cc2)c1. The Labute approximate surface area is 182 Å². The van der Waals surface area contributed by atoms with E-state index in [9.17, 15) is 4.79 Å². The average molecular weight is 450 g/mol. The summed E-state index contributed by atoms with van der Waals surface area (Å²) in [6.07, 6.45) is 0. The lowest BCUT2D eigenvalue weighted by Gasteiger charge is -2.08. The first-order chi connectivity index (χ1) is 13.9. The van der Waals surface area contributed by atoms with E-state index in [1.807, 2.05) is 6.07 Å². The van der Waals surface area contributed by atoms with E-state index in [1.54, 1.807) is 42.5 Å². The summed E-state index contributed by atoms with van der Waals surface area (Å²) in [6, 6.07) is 18.7. The van der Waals surface area contributed by atoms with Crippen molar-refractivity contribution in [3.05, 3.63) is 98.5 Å². The maximum absolute atomic E-state index is 12.1. The van der Waals surface area contributed by atoms with E-state index in [2.05, 4.69) is 5.16 Å². The fourth-order valence-corrected chi connectivity index (χ4v) is 2.76. The molecule has 0 aliphatic carbocycles. The van der Waals surface area contributed by atoms with E-state index >= 15 is 0 Å². The van der Waals surface area contributed by atoms with Gasteiger partial charge in [0.2, 0.25) is 0 Å². The average Bonchev–Trinajstić information content (AvgIpc) is 2.73. The molecule has 0 aromatic heterocycles. The van der Waals surface area contributed by atoms with Gasteiger partial charge < -0.3 is 15.3 Å². The van der Waals surface area contributed by atoms with E-state index in [1.165, 1.54) is 18.2 Å². The number of amidine groups is 1. The number of hydrogen-bond acceptors (Lipinski definition) is 4. The van der Waals surface area contributed by atoms with Gasteiger partial charge in [0.1, 0.15) is 12.4 Å². The molecule has 5 nitrogen and oxygen atoms in total. The molecule has 0 unspecified atom stereocenters. The summed E-state index contributed by atoms with van der Waals surface area (Å²) in [7, 11) is 0. The molecule has 3 rings (SSSR count). The standard InChI is InChI=1S/C21H15Cl3N2O3/c22-16-5-7-17(8-6-16)28-12-13-2-1-3-14(10-13)20(25)26-29-21(27)15-4-9-18(23)19(24)11-15/h1-11H,12H2,(H2,25,26). The largest absolute Gasteiger partial charge is 0.489 e. The van der Waals surface area contributed by atoms with Gasteiger partial charge in [-0.05, 0) is 54.1 Å². The van der Waals surface area contributed by atoms with Gasteiger partial charge in [-0.3, -0.25) is 0 Å². The third-order valence-corrected chi connectivity index (χ3v) is 4.82. The number of halogens is 3. The van der Waals surface area contributed by atoms with Crippen molar-refractivity contribution in [1.29, 1.82) is 0 Å². The Hall–Kier alpha value is -2.73. The quantitative estimate of drug-likeness (QED) is 0.227. The van der Waals surface area contributed by atoms with Crippen molar-refractivity contribution in [3.8, 4) is 5.75 Å². The van der Waals surface area contributed by atoms with Crippen molar-refractivity contribution in [1.82, 2.24) is 0 Å². The number of rotatable bonds is 6. The number of hydrogen-bond donors (Lipinski definition) is 1. The van der Waals surface area contributed by atoms with Crippen molar-refractivity contribution in [2.24, 2.45) is 10.9 Å². The Bertz CT molecular complexity index is 1050. The van der Waals surface area contributed by atoms with Gasteiger partial charge in [0, 0.05) is 10.6 Å². The molecule has 0 heterocycles. The highest BCUT2D eigenvalue weighted by molar-refractivity contribution is 6.42. The molecular formula is C21H15Cl3N2O3. The molecule has 148 valence electrons. The van der Waals surface area contributed by atoms with Gasteiger partial charge >= 0.3 is 5.97 Å². The maximum Gasteiger partial charge on any atom is 0.365 e. The van der Waals surface area contributed by atoms with Crippen molar-refractivity contribution in [2.75, 3.05) is 0 Å². The smallest absolute Gasteiger partial charge is 0.365 e. The van der Waals surface area contributed by atoms with E-state index in [-0.39, 0.29) is 16.4 Å². The van der Waals surface area contributed by atoms with Gasteiger partial charge in [0.25, 0.3) is 0 Å². The van der Waals surface area contributed by atoms with Crippen LogP contribution in [0.3, 0.4) is 0 Å². The molecule has 0 spiro atoms. The van der Waals surface area contributed by atoms with Crippen molar-refractivity contribution >= 4 is 46.6 Å². The van der Waals surface area contributed by atoms with Crippen LogP contribution in [0.1, 0.15) is 21.5 Å². The molecular weight excluding hydrogens is 435 g/mol. The number of carbonyl (C=O) groups excluding carboxylic acids is 1. The number of nitrogens with two attached hydrogens (primary N) is 1. The molecule has 3 aromatic rings. The minimum absolute atomic E-state index is 0.0479. The Balaban J connectivity index is 1.64. The normalized spacial score (nSPS) is 11.2. The molecule has 29 heavy (non-hydrogen) atoms. The van der Waals surface area contributed by atoms with Crippen LogP contribution in [-0.2, 0) is 11.4 Å². The molecule has 3 aromatic carbocycles. The lowest BCUT2D eigenvalue weighted by atomic mass is 10.1.